The fourth-order valence-electron chi connectivity index (χ4n) is 2.51. The number of rotatable bonds is 4. The first-order valence-electron chi connectivity index (χ1n) is 6.46. The lowest BCUT2D eigenvalue weighted by Crippen LogP contribution is -2.30. The van der Waals surface area contributed by atoms with E-state index in [1.165, 1.54) is 19.3 Å². The molecule has 4 heteroatoms. The van der Waals surface area contributed by atoms with Crippen molar-refractivity contribution in [2.24, 2.45) is 5.92 Å². The molecule has 1 aromatic rings. The van der Waals surface area contributed by atoms with Crippen LogP contribution in [-0.2, 0) is 0 Å². The van der Waals surface area contributed by atoms with Gasteiger partial charge >= 0.3 is 6.61 Å². The number of benzene rings is 1. The van der Waals surface area contributed by atoms with Crippen LogP contribution in [-0.4, -0.2) is 12.7 Å². The zero-order valence-corrected chi connectivity index (χ0v) is 10.5. The summed E-state index contributed by atoms with van der Waals surface area (Å²) in [6.07, 6.45) is 4.88. The van der Waals surface area contributed by atoms with Crippen molar-refractivity contribution in [2.75, 3.05) is 5.32 Å². The van der Waals surface area contributed by atoms with E-state index in [2.05, 4.69) is 17.0 Å². The average Bonchev–Trinajstić information content (AvgIpc) is 2.32. The molecule has 0 saturated heterocycles. The predicted molar refractivity (Wildman–Crippen MR) is 68.1 cm³/mol. The number of halogens is 2. The van der Waals surface area contributed by atoms with Crippen LogP contribution in [0.15, 0.2) is 24.3 Å². The largest absolute Gasteiger partial charge is 0.435 e. The highest BCUT2D eigenvalue weighted by atomic mass is 19.3. The number of ether oxygens (including phenoxy) is 1. The second-order valence-corrected chi connectivity index (χ2v) is 4.92. The van der Waals surface area contributed by atoms with Crippen molar-refractivity contribution in [1.29, 1.82) is 0 Å². The fourth-order valence-corrected chi connectivity index (χ4v) is 2.51. The van der Waals surface area contributed by atoms with E-state index in [0.717, 1.165) is 12.1 Å². The number of nitrogens with one attached hydrogen (secondary N) is 1. The monoisotopic (exact) mass is 255 g/mol. The Morgan fingerprint density at radius 2 is 2.06 bits per heavy atom. The third kappa shape index (κ3) is 3.59. The molecule has 2 nitrogen and oxygen atoms in total. The molecule has 100 valence electrons. The van der Waals surface area contributed by atoms with E-state index in [1.807, 2.05) is 6.07 Å². The van der Waals surface area contributed by atoms with Gasteiger partial charge in [-0.25, -0.2) is 0 Å². The highest BCUT2D eigenvalue weighted by Crippen LogP contribution is 2.28. The topological polar surface area (TPSA) is 21.3 Å². The van der Waals surface area contributed by atoms with E-state index in [-0.39, 0.29) is 5.75 Å². The smallest absolute Gasteiger partial charge is 0.387 e. The van der Waals surface area contributed by atoms with Gasteiger partial charge in [0.05, 0.1) is 0 Å². The molecular weight excluding hydrogens is 236 g/mol. The van der Waals surface area contributed by atoms with Crippen LogP contribution in [0.2, 0.25) is 0 Å². The SMILES string of the molecule is CC1CCCCC1Nc1cccc(OC(F)F)c1. The molecule has 1 saturated carbocycles. The summed E-state index contributed by atoms with van der Waals surface area (Å²) in [6.45, 7) is -0.537. The Morgan fingerprint density at radius 1 is 1.28 bits per heavy atom. The maximum atomic E-state index is 12.1. The molecule has 0 aliphatic heterocycles. The lowest BCUT2D eigenvalue weighted by molar-refractivity contribution is -0.0498. The minimum atomic E-state index is -2.77. The van der Waals surface area contributed by atoms with Crippen LogP contribution >= 0.6 is 0 Å². The molecule has 2 atom stereocenters. The Kier molecular flexibility index (Phi) is 4.39. The van der Waals surface area contributed by atoms with Crippen molar-refractivity contribution >= 4 is 5.69 Å². The van der Waals surface area contributed by atoms with Gasteiger partial charge in [-0.1, -0.05) is 25.8 Å². The van der Waals surface area contributed by atoms with Crippen molar-refractivity contribution in [3.63, 3.8) is 0 Å². The van der Waals surface area contributed by atoms with Gasteiger partial charge in [0, 0.05) is 17.8 Å². The molecule has 1 aliphatic carbocycles. The van der Waals surface area contributed by atoms with Gasteiger partial charge in [-0.05, 0) is 30.9 Å². The van der Waals surface area contributed by atoms with E-state index in [0.29, 0.717) is 12.0 Å². The minimum absolute atomic E-state index is 0.207. The lowest BCUT2D eigenvalue weighted by atomic mass is 9.86. The number of alkyl halides is 2. The molecule has 2 unspecified atom stereocenters. The molecule has 1 fully saturated rings. The summed E-state index contributed by atoms with van der Waals surface area (Å²) < 4.78 is 28.7. The van der Waals surface area contributed by atoms with Gasteiger partial charge in [-0.3, -0.25) is 0 Å². The molecule has 0 aromatic heterocycles. The van der Waals surface area contributed by atoms with Gasteiger partial charge < -0.3 is 10.1 Å². The van der Waals surface area contributed by atoms with Crippen molar-refractivity contribution in [2.45, 2.75) is 45.3 Å². The Labute approximate surface area is 106 Å². The van der Waals surface area contributed by atoms with Gasteiger partial charge in [0.2, 0.25) is 0 Å². The predicted octanol–water partition coefficient (Wildman–Crippen LogP) is 4.28. The molecule has 0 heterocycles. The third-order valence-corrected chi connectivity index (χ3v) is 3.52. The van der Waals surface area contributed by atoms with Crippen molar-refractivity contribution in [3.8, 4) is 5.75 Å². The Balaban J connectivity index is 1.99. The summed E-state index contributed by atoms with van der Waals surface area (Å²) >= 11 is 0. The summed E-state index contributed by atoms with van der Waals surface area (Å²) in [7, 11) is 0. The van der Waals surface area contributed by atoms with E-state index >= 15 is 0 Å². The summed E-state index contributed by atoms with van der Waals surface area (Å²) in [4.78, 5) is 0. The molecule has 1 N–H and O–H groups in total. The highest BCUT2D eigenvalue weighted by Gasteiger charge is 2.20. The first kappa shape index (κ1) is 13.1. The maximum Gasteiger partial charge on any atom is 0.387 e. The van der Waals surface area contributed by atoms with E-state index in [9.17, 15) is 8.78 Å². The molecule has 0 radical (unpaired) electrons. The number of hydrogen-bond acceptors (Lipinski definition) is 2. The molecule has 1 aliphatic rings. The molecule has 1 aromatic carbocycles. The van der Waals surface area contributed by atoms with Crippen molar-refractivity contribution < 1.29 is 13.5 Å². The number of hydrogen-bond donors (Lipinski definition) is 1. The zero-order chi connectivity index (χ0) is 13.0. The number of anilines is 1. The van der Waals surface area contributed by atoms with Crippen LogP contribution in [0.5, 0.6) is 5.75 Å². The first-order valence-corrected chi connectivity index (χ1v) is 6.46. The van der Waals surface area contributed by atoms with Gasteiger partial charge in [-0.15, -0.1) is 0 Å². The second kappa shape index (κ2) is 6.03. The summed E-state index contributed by atoms with van der Waals surface area (Å²) in [6, 6.07) is 7.23. The Hall–Kier alpha value is -1.32. The summed E-state index contributed by atoms with van der Waals surface area (Å²) in [5.41, 5.74) is 0.854. The van der Waals surface area contributed by atoms with E-state index in [1.54, 1.807) is 18.2 Å². The van der Waals surface area contributed by atoms with Crippen LogP contribution in [0.4, 0.5) is 14.5 Å². The van der Waals surface area contributed by atoms with Crippen molar-refractivity contribution in [1.82, 2.24) is 0 Å². The van der Waals surface area contributed by atoms with Crippen LogP contribution < -0.4 is 10.1 Å². The van der Waals surface area contributed by atoms with Crippen LogP contribution in [0.1, 0.15) is 32.6 Å². The third-order valence-electron chi connectivity index (χ3n) is 3.52. The van der Waals surface area contributed by atoms with Gasteiger partial charge in [0.15, 0.2) is 0 Å². The summed E-state index contributed by atoms with van der Waals surface area (Å²) in [5.74, 6) is 0.830. The molecule has 0 spiro atoms. The van der Waals surface area contributed by atoms with Gasteiger partial charge in [0.1, 0.15) is 5.75 Å². The quantitative estimate of drug-likeness (QED) is 0.867. The van der Waals surface area contributed by atoms with Crippen LogP contribution in [0, 0.1) is 5.92 Å². The molecule has 0 bridgehead atoms. The first-order chi connectivity index (χ1) is 8.65. The van der Waals surface area contributed by atoms with Crippen LogP contribution in [0.25, 0.3) is 0 Å². The molecular formula is C14H19F2NO. The Bertz CT molecular complexity index is 384. The Morgan fingerprint density at radius 3 is 2.78 bits per heavy atom. The lowest BCUT2D eigenvalue weighted by Gasteiger charge is -2.30. The summed E-state index contributed by atoms with van der Waals surface area (Å²) in [5, 5.41) is 3.42. The second-order valence-electron chi connectivity index (χ2n) is 4.92. The molecule has 18 heavy (non-hydrogen) atoms. The highest BCUT2D eigenvalue weighted by molar-refractivity contribution is 5.49. The van der Waals surface area contributed by atoms with Crippen LogP contribution in [0.3, 0.4) is 0 Å². The standard InChI is InChI=1S/C14H19F2NO/c1-10-5-2-3-8-13(10)17-11-6-4-7-12(9-11)18-14(15)16/h4,6-7,9-10,13-14,17H,2-3,5,8H2,1H3. The normalized spacial score (nSPS) is 24.0. The van der Waals surface area contributed by atoms with E-state index in [4.69, 9.17) is 0 Å². The van der Waals surface area contributed by atoms with Gasteiger partial charge in [-0.2, -0.15) is 8.78 Å². The molecule has 2 rings (SSSR count). The average molecular weight is 255 g/mol. The van der Waals surface area contributed by atoms with Crippen molar-refractivity contribution in [3.05, 3.63) is 24.3 Å². The van der Waals surface area contributed by atoms with Gasteiger partial charge in [0.25, 0.3) is 0 Å². The maximum absolute atomic E-state index is 12.1. The minimum Gasteiger partial charge on any atom is -0.435 e. The molecule has 0 amide bonds. The van der Waals surface area contributed by atoms with E-state index < -0.39 is 6.61 Å². The fraction of sp³-hybridized carbons (Fsp3) is 0.571. The zero-order valence-electron chi connectivity index (χ0n) is 10.5.